The van der Waals surface area contributed by atoms with Gasteiger partial charge in [-0.3, -0.25) is 4.98 Å². The van der Waals surface area contributed by atoms with Gasteiger partial charge in [-0.05, 0) is 40.8 Å². The van der Waals surface area contributed by atoms with Crippen molar-refractivity contribution >= 4 is 23.1 Å². The highest BCUT2D eigenvalue weighted by Crippen LogP contribution is 2.37. The minimum absolute atomic E-state index is 0.383. The van der Waals surface area contributed by atoms with Crippen molar-refractivity contribution in [3.63, 3.8) is 0 Å². The monoisotopic (exact) mass is 293 g/mol. The van der Waals surface area contributed by atoms with Crippen LogP contribution in [-0.4, -0.2) is 9.97 Å². The third-order valence-corrected chi connectivity index (χ3v) is 3.85. The largest absolute Gasteiger partial charge is 0.339 e. The quantitative estimate of drug-likeness (QED) is 0.593. The lowest BCUT2D eigenvalue weighted by Gasteiger charge is -2.07. The summed E-state index contributed by atoms with van der Waals surface area (Å²) in [6.07, 6.45) is 4.15. The van der Waals surface area contributed by atoms with Crippen molar-refractivity contribution in [2.24, 2.45) is 0 Å². The number of anilines is 2. The maximum absolute atomic E-state index is 5.85. The molecule has 102 valence electrons. The Labute approximate surface area is 127 Å². The SMILES string of the molecule is Clc1cncc(Nc2ccc3c(c2)Cc2ccccc2-3)n1. The third-order valence-electron chi connectivity index (χ3n) is 3.67. The first kappa shape index (κ1) is 12.4. The molecule has 0 bridgehead atoms. The minimum Gasteiger partial charge on any atom is -0.339 e. The smallest absolute Gasteiger partial charge is 0.150 e. The normalized spacial score (nSPS) is 11.9. The summed E-state index contributed by atoms with van der Waals surface area (Å²) in [5.41, 5.74) is 6.36. The van der Waals surface area contributed by atoms with Gasteiger partial charge in [0.1, 0.15) is 5.15 Å². The zero-order chi connectivity index (χ0) is 14.2. The van der Waals surface area contributed by atoms with Crippen LogP contribution < -0.4 is 5.32 Å². The van der Waals surface area contributed by atoms with E-state index in [0.717, 1.165) is 12.1 Å². The molecular formula is C17H12ClN3. The maximum Gasteiger partial charge on any atom is 0.150 e. The van der Waals surface area contributed by atoms with E-state index in [0.29, 0.717) is 11.0 Å². The first-order chi connectivity index (χ1) is 10.3. The molecule has 0 aliphatic heterocycles. The minimum atomic E-state index is 0.383. The molecule has 1 aromatic heterocycles. The van der Waals surface area contributed by atoms with E-state index in [1.165, 1.54) is 28.5 Å². The lowest BCUT2D eigenvalue weighted by molar-refractivity contribution is 1.19. The molecule has 0 atom stereocenters. The molecule has 4 heteroatoms. The van der Waals surface area contributed by atoms with Crippen molar-refractivity contribution in [1.29, 1.82) is 0 Å². The molecule has 0 saturated heterocycles. The van der Waals surface area contributed by atoms with E-state index in [1.54, 1.807) is 6.20 Å². The average Bonchev–Trinajstić information content (AvgIpc) is 2.85. The second kappa shape index (κ2) is 4.86. The zero-order valence-corrected chi connectivity index (χ0v) is 11.9. The number of benzene rings is 2. The Balaban J connectivity index is 1.67. The lowest BCUT2D eigenvalue weighted by Crippen LogP contribution is -1.95. The van der Waals surface area contributed by atoms with Crippen molar-refractivity contribution < 1.29 is 0 Å². The van der Waals surface area contributed by atoms with Crippen molar-refractivity contribution in [2.45, 2.75) is 6.42 Å². The van der Waals surface area contributed by atoms with Gasteiger partial charge in [-0.2, -0.15) is 0 Å². The lowest BCUT2D eigenvalue weighted by atomic mass is 10.1. The summed E-state index contributed by atoms with van der Waals surface area (Å²) in [6, 6.07) is 14.9. The summed E-state index contributed by atoms with van der Waals surface area (Å²) in [5.74, 6) is 0.651. The highest BCUT2D eigenvalue weighted by Gasteiger charge is 2.17. The molecule has 3 nitrogen and oxygen atoms in total. The van der Waals surface area contributed by atoms with Crippen molar-refractivity contribution in [2.75, 3.05) is 5.32 Å². The molecule has 1 aliphatic rings. The van der Waals surface area contributed by atoms with E-state index in [4.69, 9.17) is 11.6 Å². The van der Waals surface area contributed by atoms with Crippen LogP contribution in [0.4, 0.5) is 11.5 Å². The molecule has 0 spiro atoms. The molecule has 1 N–H and O–H groups in total. The van der Waals surface area contributed by atoms with E-state index in [-0.39, 0.29) is 0 Å². The van der Waals surface area contributed by atoms with Crippen LogP contribution in [0, 0.1) is 0 Å². The van der Waals surface area contributed by atoms with Gasteiger partial charge >= 0.3 is 0 Å². The van der Waals surface area contributed by atoms with Gasteiger partial charge < -0.3 is 5.32 Å². The summed E-state index contributed by atoms with van der Waals surface area (Å²) < 4.78 is 0. The second-order valence-corrected chi connectivity index (χ2v) is 5.45. The fourth-order valence-corrected chi connectivity index (χ4v) is 2.92. The molecule has 21 heavy (non-hydrogen) atoms. The van der Waals surface area contributed by atoms with Crippen LogP contribution in [0.5, 0.6) is 0 Å². The molecular weight excluding hydrogens is 282 g/mol. The van der Waals surface area contributed by atoms with E-state index >= 15 is 0 Å². The summed E-state index contributed by atoms with van der Waals surface area (Å²) in [7, 11) is 0. The Morgan fingerprint density at radius 1 is 0.952 bits per heavy atom. The number of nitrogens with one attached hydrogen (secondary N) is 1. The van der Waals surface area contributed by atoms with Crippen LogP contribution in [0.1, 0.15) is 11.1 Å². The molecule has 0 saturated carbocycles. The second-order valence-electron chi connectivity index (χ2n) is 5.06. The number of halogens is 1. The maximum atomic E-state index is 5.85. The molecule has 1 aliphatic carbocycles. The predicted octanol–water partition coefficient (Wildman–Crippen LogP) is 4.44. The van der Waals surface area contributed by atoms with Gasteiger partial charge in [-0.15, -0.1) is 0 Å². The number of hydrogen-bond donors (Lipinski definition) is 1. The Kier molecular flexibility index (Phi) is 2.86. The number of rotatable bonds is 2. The predicted molar refractivity (Wildman–Crippen MR) is 85.0 cm³/mol. The summed E-state index contributed by atoms with van der Waals surface area (Å²) >= 11 is 5.85. The van der Waals surface area contributed by atoms with Gasteiger partial charge in [0.05, 0.1) is 12.4 Å². The highest BCUT2D eigenvalue weighted by molar-refractivity contribution is 6.29. The average molecular weight is 294 g/mol. The molecule has 3 aromatic rings. The van der Waals surface area contributed by atoms with Gasteiger partial charge in [-0.25, -0.2) is 4.98 Å². The number of fused-ring (bicyclic) bond motifs is 3. The first-order valence-corrected chi connectivity index (χ1v) is 7.13. The van der Waals surface area contributed by atoms with Gasteiger partial charge in [0.25, 0.3) is 0 Å². The fourth-order valence-electron chi connectivity index (χ4n) is 2.77. The molecule has 0 radical (unpaired) electrons. The van der Waals surface area contributed by atoms with Crippen LogP contribution in [0.2, 0.25) is 5.15 Å². The summed E-state index contributed by atoms with van der Waals surface area (Å²) in [6.45, 7) is 0. The molecule has 2 aromatic carbocycles. The standard InChI is InChI=1S/C17H12ClN3/c18-16-9-19-10-17(21-16)20-13-5-6-15-12(8-13)7-11-3-1-2-4-14(11)15/h1-6,8-10H,7H2,(H,20,21). The third kappa shape index (κ3) is 2.26. The number of aromatic nitrogens is 2. The molecule has 0 amide bonds. The Morgan fingerprint density at radius 3 is 2.71 bits per heavy atom. The van der Waals surface area contributed by atoms with Gasteiger partial charge in [0.2, 0.25) is 0 Å². The van der Waals surface area contributed by atoms with E-state index < -0.39 is 0 Å². The first-order valence-electron chi connectivity index (χ1n) is 6.75. The van der Waals surface area contributed by atoms with E-state index in [2.05, 4.69) is 57.7 Å². The van der Waals surface area contributed by atoms with Crippen LogP contribution in [0.15, 0.2) is 54.9 Å². The molecule has 4 rings (SSSR count). The number of nitrogens with zero attached hydrogens (tertiary/aromatic N) is 2. The van der Waals surface area contributed by atoms with Crippen molar-refractivity contribution in [3.05, 3.63) is 71.1 Å². The van der Waals surface area contributed by atoms with Crippen LogP contribution in [0.25, 0.3) is 11.1 Å². The Morgan fingerprint density at radius 2 is 1.81 bits per heavy atom. The van der Waals surface area contributed by atoms with Gasteiger partial charge in [0.15, 0.2) is 5.82 Å². The molecule has 1 heterocycles. The Bertz CT molecular complexity index is 830. The molecule has 0 fully saturated rings. The van der Waals surface area contributed by atoms with E-state index in [1.807, 2.05) is 0 Å². The summed E-state index contributed by atoms with van der Waals surface area (Å²) in [4.78, 5) is 8.22. The molecule has 0 unspecified atom stereocenters. The van der Waals surface area contributed by atoms with Crippen LogP contribution >= 0.6 is 11.6 Å². The topological polar surface area (TPSA) is 37.8 Å². The van der Waals surface area contributed by atoms with Crippen LogP contribution in [-0.2, 0) is 6.42 Å². The van der Waals surface area contributed by atoms with Crippen LogP contribution in [0.3, 0.4) is 0 Å². The fraction of sp³-hybridized carbons (Fsp3) is 0.0588. The number of hydrogen-bond acceptors (Lipinski definition) is 3. The highest BCUT2D eigenvalue weighted by atomic mass is 35.5. The summed E-state index contributed by atoms with van der Waals surface area (Å²) in [5, 5.41) is 3.63. The van der Waals surface area contributed by atoms with Crippen molar-refractivity contribution in [1.82, 2.24) is 9.97 Å². The zero-order valence-electron chi connectivity index (χ0n) is 11.2. The van der Waals surface area contributed by atoms with Gasteiger partial charge in [0, 0.05) is 5.69 Å². The Hall–Kier alpha value is -2.39. The van der Waals surface area contributed by atoms with Crippen molar-refractivity contribution in [3.8, 4) is 11.1 Å². The van der Waals surface area contributed by atoms with E-state index in [9.17, 15) is 0 Å². The van der Waals surface area contributed by atoms with Gasteiger partial charge in [-0.1, -0.05) is 41.9 Å².